The normalized spacial score (nSPS) is 10.5. The molecule has 1 aromatic heterocycles. The van der Waals surface area contributed by atoms with E-state index in [1.165, 1.54) is 6.20 Å². The van der Waals surface area contributed by atoms with Crippen LogP contribution in [0.2, 0.25) is 5.15 Å². The Morgan fingerprint density at radius 1 is 1.55 bits per heavy atom. The molecular weight excluding hydrogens is 162 g/mol. The van der Waals surface area contributed by atoms with Gasteiger partial charge in [0.1, 0.15) is 0 Å². The molecule has 3 nitrogen and oxygen atoms in total. The maximum Gasteiger partial charge on any atom is 0.152 e. The summed E-state index contributed by atoms with van der Waals surface area (Å²) in [6, 6.07) is 0. The summed E-state index contributed by atoms with van der Waals surface area (Å²) >= 11 is 5.61. The van der Waals surface area contributed by atoms with Crippen LogP contribution in [0.15, 0.2) is 6.20 Å². The van der Waals surface area contributed by atoms with Crippen LogP contribution in [-0.4, -0.2) is 15.2 Å². The largest absolute Gasteiger partial charge is 0.218 e. The molecule has 0 aliphatic carbocycles. The van der Waals surface area contributed by atoms with Gasteiger partial charge in [-0.15, -0.1) is 5.10 Å². The Morgan fingerprint density at radius 2 is 2.27 bits per heavy atom. The predicted molar refractivity (Wildman–Crippen MR) is 43.4 cm³/mol. The predicted octanol–water partition coefficient (Wildman–Crippen LogP) is 1.72. The second-order valence-corrected chi connectivity index (χ2v) is 3.18. The second kappa shape index (κ2) is 3.62. The van der Waals surface area contributed by atoms with E-state index in [2.05, 4.69) is 29.0 Å². The Hall–Kier alpha value is -0.700. The van der Waals surface area contributed by atoms with Gasteiger partial charge in [-0.2, -0.15) is 5.10 Å². The van der Waals surface area contributed by atoms with Gasteiger partial charge in [-0.1, -0.05) is 25.4 Å². The highest BCUT2D eigenvalue weighted by atomic mass is 35.5. The minimum Gasteiger partial charge on any atom is -0.218 e. The van der Waals surface area contributed by atoms with Crippen LogP contribution in [-0.2, 0) is 6.42 Å². The number of rotatable bonds is 2. The van der Waals surface area contributed by atoms with Crippen molar-refractivity contribution in [1.29, 1.82) is 0 Å². The molecular formula is C7H10ClN3. The molecule has 0 saturated carbocycles. The molecule has 0 bridgehead atoms. The fourth-order valence-corrected chi connectivity index (χ4v) is 0.910. The van der Waals surface area contributed by atoms with Crippen molar-refractivity contribution in [2.45, 2.75) is 20.3 Å². The van der Waals surface area contributed by atoms with Crippen molar-refractivity contribution >= 4 is 11.6 Å². The lowest BCUT2D eigenvalue weighted by Gasteiger charge is -2.00. The molecule has 11 heavy (non-hydrogen) atoms. The molecule has 0 unspecified atom stereocenters. The maximum absolute atomic E-state index is 5.61. The van der Waals surface area contributed by atoms with Crippen LogP contribution in [0, 0.1) is 5.92 Å². The van der Waals surface area contributed by atoms with Gasteiger partial charge in [-0.05, 0) is 5.92 Å². The summed E-state index contributed by atoms with van der Waals surface area (Å²) in [6.07, 6.45) is 2.26. The Kier molecular flexibility index (Phi) is 2.76. The monoisotopic (exact) mass is 171 g/mol. The molecule has 1 rings (SSSR count). The quantitative estimate of drug-likeness (QED) is 0.680. The third-order valence-electron chi connectivity index (χ3n) is 1.16. The summed E-state index contributed by atoms with van der Waals surface area (Å²) in [7, 11) is 0. The fourth-order valence-electron chi connectivity index (χ4n) is 0.769. The minimum atomic E-state index is 0.413. The van der Waals surface area contributed by atoms with Crippen molar-refractivity contribution in [3.8, 4) is 0 Å². The molecule has 0 amide bonds. The summed E-state index contributed by atoms with van der Waals surface area (Å²) in [5, 5.41) is 7.94. The molecule has 0 radical (unpaired) electrons. The second-order valence-electron chi connectivity index (χ2n) is 2.79. The highest BCUT2D eigenvalue weighted by molar-refractivity contribution is 6.29. The van der Waals surface area contributed by atoms with E-state index in [-0.39, 0.29) is 0 Å². The van der Waals surface area contributed by atoms with Gasteiger partial charge in [-0.3, -0.25) is 0 Å². The van der Waals surface area contributed by atoms with E-state index in [0.717, 1.165) is 6.42 Å². The van der Waals surface area contributed by atoms with Crippen LogP contribution in [0.4, 0.5) is 0 Å². The molecule has 1 aromatic rings. The van der Waals surface area contributed by atoms with Crippen molar-refractivity contribution < 1.29 is 0 Å². The zero-order chi connectivity index (χ0) is 8.27. The topological polar surface area (TPSA) is 38.7 Å². The third kappa shape index (κ3) is 2.80. The first-order valence-electron chi connectivity index (χ1n) is 3.52. The lowest BCUT2D eigenvalue weighted by atomic mass is 10.1. The third-order valence-corrected chi connectivity index (χ3v) is 1.35. The van der Waals surface area contributed by atoms with Crippen molar-refractivity contribution in [2.24, 2.45) is 5.92 Å². The molecule has 0 aliphatic heterocycles. The number of halogens is 1. The maximum atomic E-state index is 5.61. The molecule has 1 heterocycles. The summed E-state index contributed by atoms with van der Waals surface area (Å²) in [6.45, 7) is 4.20. The van der Waals surface area contributed by atoms with Gasteiger partial charge in [0.2, 0.25) is 0 Å². The van der Waals surface area contributed by atoms with Crippen molar-refractivity contribution in [3.05, 3.63) is 17.2 Å². The van der Waals surface area contributed by atoms with E-state index in [4.69, 9.17) is 11.6 Å². The summed E-state index contributed by atoms with van der Waals surface area (Å²) in [5.74, 6) is 1.25. The van der Waals surface area contributed by atoms with Crippen LogP contribution in [0.5, 0.6) is 0 Å². The molecule has 0 atom stereocenters. The van der Waals surface area contributed by atoms with E-state index in [1.807, 2.05) is 0 Å². The first-order valence-corrected chi connectivity index (χ1v) is 3.90. The number of hydrogen-bond donors (Lipinski definition) is 0. The van der Waals surface area contributed by atoms with Crippen LogP contribution in [0.3, 0.4) is 0 Å². The van der Waals surface area contributed by atoms with Crippen molar-refractivity contribution in [1.82, 2.24) is 15.2 Å². The van der Waals surface area contributed by atoms with Gasteiger partial charge in [0.05, 0.1) is 6.20 Å². The molecule has 60 valence electrons. The molecule has 0 N–H and O–H groups in total. The number of nitrogens with zero attached hydrogens (tertiary/aromatic N) is 3. The Bertz CT molecular complexity index is 237. The Balaban J connectivity index is 2.71. The van der Waals surface area contributed by atoms with E-state index in [0.29, 0.717) is 16.9 Å². The lowest BCUT2D eigenvalue weighted by Crippen LogP contribution is -2.01. The Morgan fingerprint density at radius 3 is 2.82 bits per heavy atom. The zero-order valence-corrected chi connectivity index (χ0v) is 7.34. The van der Waals surface area contributed by atoms with Gasteiger partial charge in [0, 0.05) is 6.42 Å². The summed E-state index contributed by atoms with van der Waals surface area (Å²) in [4.78, 5) is 4.01. The number of aromatic nitrogens is 3. The minimum absolute atomic E-state index is 0.413. The first-order chi connectivity index (χ1) is 5.18. The van der Waals surface area contributed by atoms with Gasteiger partial charge < -0.3 is 0 Å². The molecule has 0 saturated heterocycles. The van der Waals surface area contributed by atoms with Crippen LogP contribution < -0.4 is 0 Å². The molecule has 0 aromatic carbocycles. The lowest BCUT2D eigenvalue weighted by molar-refractivity contribution is 0.611. The molecule has 0 aliphatic rings. The highest BCUT2D eigenvalue weighted by Gasteiger charge is 2.01. The van der Waals surface area contributed by atoms with Crippen molar-refractivity contribution in [2.75, 3.05) is 0 Å². The van der Waals surface area contributed by atoms with E-state index >= 15 is 0 Å². The first kappa shape index (κ1) is 8.40. The average molecular weight is 172 g/mol. The van der Waals surface area contributed by atoms with E-state index in [1.54, 1.807) is 0 Å². The standard InChI is InChI=1S/C7H10ClN3/c1-5(2)3-7-10-6(8)4-9-11-7/h4-5H,3H2,1-2H3. The van der Waals surface area contributed by atoms with Crippen LogP contribution >= 0.6 is 11.6 Å². The average Bonchev–Trinajstić information content (AvgIpc) is 1.85. The molecule has 0 spiro atoms. The van der Waals surface area contributed by atoms with E-state index < -0.39 is 0 Å². The number of hydrogen-bond acceptors (Lipinski definition) is 3. The van der Waals surface area contributed by atoms with Crippen molar-refractivity contribution in [3.63, 3.8) is 0 Å². The van der Waals surface area contributed by atoms with Gasteiger partial charge in [0.15, 0.2) is 11.0 Å². The van der Waals surface area contributed by atoms with Crippen LogP contribution in [0.25, 0.3) is 0 Å². The zero-order valence-electron chi connectivity index (χ0n) is 6.58. The smallest absolute Gasteiger partial charge is 0.152 e. The molecule has 4 heteroatoms. The fraction of sp³-hybridized carbons (Fsp3) is 0.571. The highest BCUT2D eigenvalue weighted by Crippen LogP contribution is 2.04. The Labute approximate surface area is 70.8 Å². The SMILES string of the molecule is CC(C)Cc1nncc(Cl)n1. The summed E-state index contributed by atoms with van der Waals surface area (Å²) < 4.78 is 0. The molecule has 0 fully saturated rings. The van der Waals surface area contributed by atoms with E-state index in [9.17, 15) is 0 Å². The van der Waals surface area contributed by atoms with Gasteiger partial charge >= 0.3 is 0 Å². The van der Waals surface area contributed by atoms with Gasteiger partial charge in [0.25, 0.3) is 0 Å². The summed E-state index contributed by atoms with van der Waals surface area (Å²) in [5.41, 5.74) is 0. The van der Waals surface area contributed by atoms with Gasteiger partial charge in [-0.25, -0.2) is 4.98 Å². The van der Waals surface area contributed by atoms with Crippen LogP contribution in [0.1, 0.15) is 19.7 Å².